The number of aromatic amines is 1. The molecule has 3 rings (SSSR count). The Morgan fingerprint density at radius 3 is 2.86 bits per heavy atom. The fourth-order valence-corrected chi connectivity index (χ4v) is 1.82. The molecule has 2 aromatic heterocycles. The molecular weight excluding hydrogens is 270 g/mol. The summed E-state index contributed by atoms with van der Waals surface area (Å²) in [4.78, 5) is 19.0. The first-order valence-corrected chi connectivity index (χ1v) is 6.36. The highest BCUT2D eigenvalue weighted by atomic mass is 16.5. The van der Waals surface area contributed by atoms with Gasteiger partial charge >= 0.3 is 6.03 Å². The van der Waals surface area contributed by atoms with Gasteiger partial charge in [0.15, 0.2) is 5.82 Å². The van der Waals surface area contributed by atoms with Crippen molar-refractivity contribution >= 4 is 11.8 Å². The zero-order chi connectivity index (χ0) is 14.5. The Kier molecular flexibility index (Phi) is 3.64. The topological polar surface area (TPSA) is 95.8 Å². The molecule has 2 heterocycles. The number of hydrogen-bond acceptors (Lipinski definition) is 4. The Morgan fingerprint density at radius 2 is 2.10 bits per heavy atom. The molecule has 7 nitrogen and oxygen atoms in total. The molecule has 0 atom stereocenters. The lowest BCUT2D eigenvalue weighted by Gasteiger charge is -2.03. The molecule has 0 unspecified atom stereocenters. The summed E-state index contributed by atoms with van der Waals surface area (Å²) in [5.41, 5.74) is 1.95. The van der Waals surface area contributed by atoms with Crippen molar-refractivity contribution in [2.75, 3.05) is 5.32 Å². The Bertz CT molecular complexity index is 706. The monoisotopic (exact) mass is 283 g/mol. The van der Waals surface area contributed by atoms with Gasteiger partial charge in [-0.15, -0.1) is 0 Å². The van der Waals surface area contributed by atoms with Crippen LogP contribution in [0.3, 0.4) is 0 Å². The van der Waals surface area contributed by atoms with Crippen LogP contribution in [-0.4, -0.2) is 21.2 Å². The molecule has 2 amide bonds. The minimum atomic E-state index is -0.374. The summed E-state index contributed by atoms with van der Waals surface area (Å²) in [6.07, 6.45) is 3.12. The van der Waals surface area contributed by atoms with E-state index in [-0.39, 0.29) is 12.6 Å². The summed E-state index contributed by atoms with van der Waals surface area (Å²) >= 11 is 0. The third-order valence-corrected chi connectivity index (χ3v) is 2.81. The fraction of sp³-hybridized carbons (Fsp3) is 0.0714. The number of carbonyl (C=O) groups excluding carboxylic acids is 1. The number of carbonyl (C=O) groups is 1. The molecule has 0 fully saturated rings. The van der Waals surface area contributed by atoms with Gasteiger partial charge < -0.3 is 14.8 Å². The third kappa shape index (κ3) is 3.27. The predicted octanol–water partition coefficient (Wildman–Crippen LogP) is 2.39. The zero-order valence-electron chi connectivity index (χ0n) is 11.0. The smallest absolute Gasteiger partial charge is 0.320 e. The lowest BCUT2D eigenvalue weighted by molar-refractivity contribution is 0.251. The molecule has 0 radical (unpaired) electrons. The first-order valence-electron chi connectivity index (χ1n) is 6.36. The van der Waals surface area contributed by atoms with Crippen LogP contribution in [0.4, 0.5) is 10.6 Å². The summed E-state index contributed by atoms with van der Waals surface area (Å²) in [5, 5.41) is 8.80. The number of hydrogen-bond donors (Lipinski definition) is 3. The van der Waals surface area contributed by atoms with E-state index in [0.29, 0.717) is 11.6 Å². The van der Waals surface area contributed by atoms with Crippen LogP contribution in [0.15, 0.2) is 53.4 Å². The zero-order valence-corrected chi connectivity index (χ0v) is 11.0. The van der Waals surface area contributed by atoms with Gasteiger partial charge in [0.1, 0.15) is 12.1 Å². The molecule has 0 saturated carbocycles. The van der Waals surface area contributed by atoms with Crippen molar-refractivity contribution in [2.24, 2.45) is 0 Å². The molecule has 0 bridgehead atoms. The number of nitrogens with one attached hydrogen (secondary N) is 3. The van der Waals surface area contributed by atoms with E-state index >= 15 is 0 Å². The van der Waals surface area contributed by atoms with Crippen molar-refractivity contribution < 1.29 is 9.32 Å². The molecule has 3 N–H and O–H groups in total. The fourth-order valence-electron chi connectivity index (χ4n) is 1.82. The quantitative estimate of drug-likeness (QED) is 0.685. The average Bonchev–Trinajstić information content (AvgIpc) is 3.17. The van der Waals surface area contributed by atoms with Crippen LogP contribution in [0.25, 0.3) is 11.3 Å². The standard InChI is InChI=1S/C14H13N5O2/c20-14(18-12-6-7-21-19-12)16-9-13-15-8-11(17-13)10-4-2-1-3-5-10/h1-8H,9H2,(H,15,17)(H2,16,18,19,20). The van der Waals surface area contributed by atoms with Gasteiger partial charge in [-0.2, -0.15) is 0 Å². The second-order valence-electron chi connectivity index (χ2n) is 4.30. The first-order chi connectivity index (χ1) is 10.3. The van der Waals surface area contributed by atoms with Gasteiger partial charge in [0.05, 0.1) is 18.4 Å². The third-order valence-electron chi connectivity index (χ3n) is 2.81. The lowest BCUT2D eigenvalue weighted by Crippen LogP contribution is -2.28. The second-order valence-corrected chi connectivity index (χ2v) is 4.30. The molecule has 0 aliphatic rings. The van der Waals surface area contributed by atoms with Gasteiger partial charge in [-0.05, 0) is 5.56 Å². The van der Waals surface area contributed by atoms with Gasteiger partial charge in [0, 0.05) is 6.07 Å². The van der Waals surface area contributed by atoms with E-state index in [9.17, 15) is 4.79 Å². The van der Waals surface area contributed by atoms with Crippen LogP contribution in [-0.2, 0) is 6.54 Å². The maximum atomic E-state index is 11.6. The van der Waals surface area contributed by atoms with Gasteiger partial charge in [0.2, 0.25) is 0 Å². The van der Waals surface area contributed by atoms with Crippen molar-refractivity contribution in [2.45, 2.75) is 6.54 Å². The Labute approximate surface area is 120 Å². The number of rotatable bonds is 4. The van der Waals surface area contributed by atoms with Crippen LogP contribution in [0, 0.1) is 0 Å². The van der Waals surface area contributed by atoms with Gasteiger partial charge in [-0.3, -0.25) is 5.32 Å². The van der Waals surface area contributed by atoms with Crippen LogP contribution in [0.5, 0.6) is 0 Å². The number of urea groups is 1. The summed E-state index contributed by atoms with van der Waals surface area (Å²) in [6.45, 7) is 0.288. The number of nitrogens with zero attached hydrogens (tertiary/aromatic N) is 2. The van der Waals surface area contributed by atoms with E-state index in [4.69, 9.17) is 0 Å². The van der Waals surface area contributed by atoms with Crippen molar-refractivity contribution in [1.29, 1.82) is 0 Å². The van der Waals surface area contributed by atoms with Gasteiger partial charge in [-0.1, -0.05) is 35.5 Å². The maximum absolute atomic E-state index is 11.6. The van der Waals surface area contributed by atoms with E-state index in [1.54, 1.807) is 12.3 Å². The molecule has 0 aliphatic heterocycles. The normalized spacial score (nSPS) is 10.3. The van der Waals surface area contributed by atoms with Crippen molar-refractivity contribution in [3.8, 4) is 11.3 Å². The summed E-state index contributed by atoms with van der Waals surface area (Å²) in [7, 11) is 0. The lowest BCUT2D eigenvalue weighted by atomic mass is 10.2. The van der Waals surface area contributed by atoms with Crippen LogP contribution >= 0.6 is 0 Å². The Hall–Kier alpha value is -3.09. The van der Waals surface area contributed by atoms with Crippen molar-refractivity contribution in [3.63, 3.8) is 0 Å². The number of anilines is 1. The number of imidazole rings is 1. The molecule has 7 heteroatoms. The summed E-state index contributed by atoms with van der Waals surface area (Å²) in [6, 6.07) is 11.0. The van der Waals surface area contributed by atoms with Crippen LogP contribution in [0.1, 0.15) is 5.82 Å². The highest BCUT2D eigenvalue weighted by Crippen LogP contribution is 2.15. The van der Waals surface area contributed by atoms with Crippen molar-refractivity contribution in [1.82, 2.24) is 20.4 Å². The highest BCUT2D eigenvalue weighted by Gasteiger charge is 2.06. The number of benzene rings is 1. The molecule has 21 heavy (non-hydrogen) atoms. The van der Waals surface area contributed by atoms with E-state index < -0.39 is 0 Å². The molecule has 1 aromatic carbocycles. The van der Waals surface area contributed by atoms with Gasteiger partial charge in [-0.25, -0.2) is 9.78 Å². The van der Waals surface area contributed by atoms with E-state index in [2.05, 4.69) is 30.3 Å². The number of amides is 2. The SMILES string of the molecule is O=C(NCc1ncc(-c2ccccc2)[nH]1)Nc1ccon1. The highest BCUT2D eigenvalue weighted by molar-refractivity contribution is 5.87. The maximum Gasteiger partial charge on any atom is 0.320 e. The largest absolute Gasteiger partial charge is 0.363 e. The average molecular weight is 283 g/mol. The van der Waals surface area contributed by atoms with E-state index in [1.807, 2.05) is 30.3 Å². The second kappa shape index (κ2) is 5.91. The summed E-state index contributed by atoms with van der Waals surface area (Å²) < 4.78 is 4.62. The van der Waals surface area contributed by atoms with Gasteiger partial charge in [0.25, 0.3) is 0 Å². The molecule has 0 aliphatic carbocycles. The Balaban J connectivity index is 1.56. The predicted molar refractivity (Wildman–Crippen MR) is 76.4 cm³/mol. The van der Waals surface area contributed by atoms with E-state index in [1.165, 1.54) is 6.26 Å². The molecule has 3 aromatic rings. The number of aromatic nitrogens is 3. The van der Waals surface area contributed by atoms with Crippen LogP contribution in [0.2, 0.25) is 0 Å². The molecular formula is C14H13N5O2. The number of H-pyrrole nitrogens is 1. The summed E-state index contributed by atoms with van der Waals surface area (Å²) in [5.74, 6) is 1.03. The molecule has 0 saturated heterocycles. The minimum Gasteiger partial charge on any atom is -0.363 e. The van der Waals surface area contributed by atoms with Crippen molar-refractivity contribution in [3.05, 3.63) is 54.7 Å². The van der Waals surface area contributed by atoms with Crippen LogP contribution < -0.4 is 10.6 Å². The van der Waals surface area contributed by atoms with E-state index in [0.717, 1.165) is 11.3 Å². The molecule has 106 valence electrons. The minimum absolute atomic E-state index is 0.288. The Morgan fingerprint density at radius 1 is 1.24 bits per heavy atom. The molecule has 0 spiro atoms. The first kappa shape index (κ1) is 12.9.